The molecular formula is C24H26FN5O3. The Kier molecular flexibility index (Phi) is 6.79. The van der Waals surface area contributed by atoms with Crippen LogP contribution in [0.3, 0.4) is 0 Å². The lowest BCUT2D eigenvalue weighted by molar-refractivity contribution is 0.0747. The Balaban J connectivity index is 1.78. The number of benzene rings is 1. The minimum Gasteiger partial charge on any atom is -0.481 e. The number of methoxy groups -OCH3 is 2. The van der Waals surface area contributed by atoms with Crippen molar-refractivity contribution >= 4 is 11.7 Å². The van der Waals surface area contributed by atoms with Crippen molar-refractivity contribution < 1.29 is 18.7 Å². The van der Waals surface area contributed by atoms with Crippen LogP contribution in [-0.4, -0.2) is 48.1 Å². The number of nitrogens with two attached hydrogens (primary N) is 1. The Morgan fingerprint density at radius 1 is 1.09 bits per heavy atom. The summed E-state index contributed by atoms with van der Waals surface area (Å²) in [6.07, 6.45) is 1.17. The van der Waals surface area contributed by atoms with Crippen molar-refractivity contribution in [3.8, 4) is 17.1 Å². The topological polar surface area (TPSA) is 105 Å². The molecule has 9 heteroatoms. The Morgan fingerprint density at radius 3 is 2.73 bits per heavy atom. The predicted octanol–water partition coefficient (Wildman–Crippen LogP) is 3.67. The monoisotopic (exact) mass is 451 g/mol. The smallest absolute Gasteiger partial charge is 0.220 e. The van der Waals surface area contributed by atoms with Gasteiger partial charge in [0.1, 0.15) is 12.4 Å². The average molecular weight is 452 g/mol. The lowest BCUT2D eigenvalue weighted by atomic mass is 9.79. The van der Waals surface area contributed by atoms with E-state index in [0.29, 0.717) is 43.2 Å². The van der Waals surface area contributed by atoms with Gasteiger partial charge in [-0.25, -0.2) is 19.3 Å². The quantitative estimate of drug-likeness (QED) is 0.432. The van der Waals surface area contributed by atoms with Gasteiger partial charge in [0.2, 0.25) is 11.8 Å². The van der Waals surface area contributed by atoms with Crippen molar-refractivity contribution in [3.05, 3.63) is 64.7 Å². The Labute approximate surface area is 191 Å². The lowest BCUT2D eigenvalue weighted by Crippen LogP contribution is -2.24. The SMILES string of the molecule is COCCON=C1CC(c2ccc(F)cc2-c2cccc(OC)n2)Cc2nc(N)nc(C)c21. The fourth-order valence-electron chi connectivity index (χ4n) is 4.15. The summed E-state index contributed by atoms with van der Waals surface area (Å²) in [5, 5.41) is 4.38. The predicted molar refractivity (Wildman–Crippen MR) is 123 cm³/mol. The fraction of sp³-hybridized carbons (Fsp3) is 0.333. The first-order valence-electron chi connectivity index (χ1n) is 10.6. The number of nitrogens with zero attached hydrogens (tertiary/aromatic N) is 4. The van der Waals surface area contributed by atoms with E-state index >= 15 is 0 Å². The van der Waals surface area contributed by atoms with Crippen molar-refractivity contribution in [1.29, 1.82) is 0 Å². The molecule has 0 aliphatic heterocycles. The number of pyridine rings is 1. The molecule has 0 radical (unpaired) electrons. The van der Waals surface area contributed by atoms with Gasteiger partial charge in [-0.1, -0.05) is 17.3 Å². The van der Waals surface area contributed by atoms with Gasteiger partial charge in [-0.3, -0.25) is 0 Å². The highest BCUT2D eigenvalue weighted by Gasteiger charge is 2.31. The largest absolute Gasteiger partial charge is 0.481 e. The third-order valence-electron chi connectivity index (χ3n) is 5.57. The number of ether oxygens (including phenoxy) is 2. The van der Waals surface area contributed by atoms with E-state index in [9.17, 15) is 4.39 Å². The van der Waals surface area contributed by atoms with Gasteiger partial charge in [0, 0.05) is 30.7 Å². The van der Waals surface area contributed by atoms with Gasteiger partial charge in [-0.15, -0.1) is 0 Å². The number of hydrogen-bond donors (Lipinski definition) is 1. The van der Waals surface area contributed by atoms with E-state index < -0.39 is 0 Å². The van der Waals surface area contributed by atoms with E-state index in [1.807, 2.05) is 19.1 Å². The molecule has 8 nitrogen and oxygen atoms in total. The molecule has 2 N–H and O–H groups in total. The van der Waals surface area contributed by atoms with Crippen LogP contribution in [0.1, 0.15) is 34.9 Å². The van der Waals surface area contributed by atoms with Crippen molar-refractivity contribution in [2.24, 2.45) is 5.16 Å². The molecule has 2 aromatic heterocycles. The van der Waals surface area contributed by atoms with E-state index in [-0.39, 0.29) is 17.7 Å². The molecule has 2 heterocycles. The van der Waals surface area contributed by atoms with Crippen LogP contribution in [-0.2, 0) is 16.0 Å². The first-order chi connectivity index (χ1) is 16.0. The second-order valence-corrected chi connectivity index (χ2v) is 7.75. The molecule has 0 bridgehead atoms. The zero-order chi connectivity index (χ0) is 23.4. The van der Waals surface area contributed by atoms with E-state index in [0.717, 1.165) is 28.2 Å². The van der Waals surface area contributed by atoms with Crippen molar-refractivity contribution in [2.45, 2.75) is 25.7 Å². The molecule has 0 fully saturated rings. The van der Waals surface area contributed by atoms with Gasteiger partial charge in [-0.05, 0) is 43.0 Å². The number of halogens is 1. The first-order valence-corrected chi connectivity index (χ1v) is 10.6. The maximum Gasteiger partial charge on any atom is 0.220 e. The number of anilines is 1. The van der Waals surface area contributed by atoms with Crippen LogP contribution in [0.2, 0.25) is 0 Å². The molecule has 172 valence electrons. The number of oxime groups is 1. The zero-order valence-corrected chi connectivity index (χ0v) is 18.8. The van der Waals surface area contributed by atoms with E-state index in [1.165, 1.54) is 12.1 Å². The van der Waals surface area contributed by atoms with Crippen LogP contribution in [0.15, 0.2) is 41.6 Å². The Morgan fingerprint density at radius 2 is 1.94 bits per heavy atom. The minimum absolute atomic E-state index is 0.0421. The zero-order valence-electron chi connectivity index (χ0n) is 18.8. The summed E-state index contributed by atoms with van der Waals surface area (Å²) in [6, 6.07) is 10.2. The van der Waals surface area contributed by atoms with Crippen LogP contribution in [0.4, 0.5) is 10.3 Å². The second-order valence-electron chi connectivity index (χ2n) is 7.75. The van der Waals surface area contributed by atoms with Gasteiger partial charge in [-0.2, -0.15) is 0 Å². The van der Waals surface area contributed by atoms with Gasteiger partial charge in [0.15, 0.2) is 0 Å². The fourth-order valence-corrected chi connectivity index (χ4v) is 4.15. The third kappa shape index (κ3) is 4.93. The number of rotatable bonds is 7. The average Bonchev–Trinajstić information content (AvgIpc) is 2.81. The molecule has 0 amide bonds. The third-order valence-corrected chi connectivity index (χ3v) is 5.57. The standard InChI is InChI=1S/C24H26FN5O3/c1-14-23-20(29-24(26)27-14)11-15(12-21(23)30-33-10-9-31-2)17-8-7-16(25)13-18(17)19-5-4-6-22(28-19)32-3/h4-8,13,15H,9-12H2,1-3H3,(H2,26,27,29). The highest BCUT2D eigenvalue weighted by atomic mass is 19.1. The van der Waals surface area contributed by atoms with Gasteiger partial charge >= 0.3 is 0 Å². The first kappa shape index (κ1) is 22.6. The summed E-state index contributed by atoms with van der Waals surface area (Å²) in [4.78, 5) is 18.8. The molecule has 1 aliphatic carbocycles. The summed E-state index contributed by atoms with van der Waals surface area (Å²) in [5.74, 6) is 0.287. The summed E-state index contributed by atoms with van der Waals surface area (Å²) in [7, 11) is 3.15. The number of hydrogen-bond acceptors (Lipinski definition) is 8. The highest BCUT2D eigenvalue weighted by Crippen LogP contribution is 2.38. The molecular weight excluding hydrogens is 425 g/mol. The summed E-state index contributed by atoms with van der Waals surface area (Å²) >= 11 is 0. The summed E-state index contributed by atoms with van der Waals surface area (Å²) in [6.45, 7) is 2.63. The molecule has 1 aliphatic rings. The van der Waals surface area contributed by atoms with Crippen LogP contribution in [0, 0.1) is 12.7 Å². The molecule has 33 heavy (non-hydrogen) atoms. The van der Waals surface area contributed by atoms with Gasteiger partial charge < -0.3 is 20.0 Å². The van der Waals surface area contributed by atoms with E-state index in [1.54, 1.807) is 26.4 Å². The molecule has 0 spiro atoms. The van der Waals surface area contributed by atoms with Crippen LogP contribution >= 0.6 is 0 Å². The van der Waals surface area contributed by atoms with Crippen molar-refractivity contribution in [1.82, 2.24) is 15.0 Å². The maximum atomic E-state index is 14.3. The number of aryl methyl sites for hydroxylation is 1. The maximum absolute atomic E-state index is 14.3. The molecule has 0 saturated carbocycles. The molecule has 4 rings (SSSR count). The summed E-state index contributed by atoms with van der Waals surface area (Å²) < 4.78 is 24.6. The van der Waals surface area contributed by atoms with Crippen LogP contribution in [0.25, 0.3) is 11.3 Å². The van der Waals surface area contributed by atoms with E-state index in [2.05, 4.69) is 20.1 Å². The number of nitrogen functional groups attached to an aromatic ring is 1. The molecule has 3 aromatic rings. The summed E-state index contributed by atoms with van der Waals surface area (Å²) in [5.41, 5.74) is 11.3. The van der Waals surface area contributed by atoms with Crippen LogP contribution < -0.4 is 10.5 Å². The second kappa shape index (κ2) is 9.91. The normalized spacial score (nSPS) is 16.5. The van der Waals surface area contributed by atoms with E-state index in [4.69, 9.17) is 20.0 Å². The molecule has 1 atom stereocenters. The van der Waals surface area contributed by atoms with Crippen molar-refractivity contribution in [2.75, 3.05) is 33.2 Å². The molecule has 1 aromatic carbocycles. The minimum atomic E-state index is -0.339. The highest BCUT2D eigenvalue weighted by molar-refractivity contribution is 6.03. The van der Waals surface area contributed by atoms with Crippen molar-refractivity contribution in [3.63, 3.8) is 0 Å². The van der Waals surface area contributed by atoms with Gasteiger partial charge in [0.25, 0.3) is 0 Å². The molecule has 0 saturated heterocycles. The Bertz CT molecular complexity index is 1180. The Hall–Kier alpha value is -3.59. The number of aromatic nitrogens is 3. The van der Waals surface area contributed by atoms with Crippen LogP contribution in [0.5, 0.6) is 5.88 Å². The van der Waals surface area contributed by atoms with Gasteiger partial charge in [0.05, 0.1) is 36.5 Å². The lowest BCUT2D eigenvalue weighted by Gasteiger charge is -2.27. The molecule has 1 unspecified atom stereocenters. The number of fused-ring (bicyclic) bond motifs is 1.